The Morgan fingerprint density at radius 2 is 1.81 bits per heavy atom. The second kappa shape index (κ2) is 13.7. The lowest BCUT2D eigenvalue weighted by atomic mass is 9.74. The van der Waals surface area contributed by atoms with Crippen LogP contribution < -0.4 is 14.0 Å². The number of carbonyl (C=O) groups excluding carboxylic acids is 1. The number of hydrogen-bond donors (Lipinski definition) is 0. The van der Waals surface area contributed by atoms with E-state index in [0.29, 0.717) is 23.9 Å². The lowest BCUT2D eigenvalue weighted by molar-refractivity contribution is -0.141. The fraction of sp³-hybridized carbons (Fsp3) is 0.400. The van der Waals surface area contributed by atoms with Crippen molar-refractivity contribution in [1.82, 2.24) is 0 Å². The van der Waals surface area contributed by atoms with Gasteiger partial charge in [-0.3, -0.25) is 4.79 Å². The maximum atomic E-state index is 12.6. The highest BCUT2D eigenvalue weighted by molar-refractivity contribution is 7.10. The molecule has 2 aliphatic heterocycles. The van der Waals surface area contributed by atoms with E-state index in [1.807, 2.05) is 58.9 Å². The van der Waals surface area contributed by atoms with Crippen molar-refractivity contribution in [2.45, 2.75) is 40.5 Å². The van der Waals surface area contributed by atoms with E-state index in [-0.39, 0.29) is 24.6 Å². The molecule has 170 valence electrons. The minimum absolute atomic E-state index is 0.0997. The van der Waals surface area contributed by atoms with Gasteiger partial charge in [0.25, 0.3) is 0 Å². The van der Waals surface area contributed by atoms with Gasteiger partial charge in [0.2, 0.25) is 6.79 Å². The van der Waals surface area contributed by atoms with Crippen LogP contribution in [0.2, 0.25) is 0 Å². The molecule has 2 heterocycles. The molecule has 0 spiro atoms. The molecule has 1 aromatic rings. The van der Waals surface area contributed by atoms with Crippen LogP contribution in [0.15, 0.2) is 61.2 Å². The largest absolute Gasteiger partial charge is 0.480 e. The number of fused-ring (bicyclic) bond motifs is 1. The average molecular weight is 447 g/mol. The monoisotopic (exact) mass is 446 g/mol. The lowest BCUT2D eigenvalue weighted by Crippen LogP contribution is -2.24. The van der Waals surface area contributed by atoms with E-state index in [1.165, 1.54) is 0 Å². The van der Waals surface area contributed by atoms with Gasteiger partial charge in [0.15, 0.2) is 11.5 Å². The lowest BCUT2D eigenvalue weighted by Gasteiger charge is -2.27. The van der Waals surface area contributed by atoms with Crippen LogP contribution in [-0.4, -0.2) is 19.4 Å². The van der Waals surface area contributed by atoms with Gasteiger partial charge in [0.1, 0.15) is 5.75 Å². The Kier molecular flexibility index (Phi) is 11.7. The van der Waals surface area contributed by atoms with Gasteiger partial charge in [-0.05, 0) is 18.6 Å². The zero-order chi connectivity index (χ0) is 23.4. The maximum Gasteiger partial charge on any atom is 0.310 e. The van der Waals surface area contributed by atoms with Crippen molar-refractivity contribution in [3.63, 3.8) is 0 Å². The van der Waals surface area contributed by atoms with Crippen LogP contribution in [-0.2, 0) is 9.53 Å². The highest BCUT2D eigenvalue weighted by Crippen LogP contribution is 2.48. The summed E-state index contributed by atoms with van der Waals surface area (Å²) >= 11 is 0. The van der Waals surface area contributed by atoms with Crippen LogP contribution in [0.3, 0.4) is 0 Å². The minimum Gasteiger partial charge on any atom is -0.480 e. The zero-order valence-electron chi connectivity index (χ0n) is 19.2. The van der Waals surface area contributed by atoms with Crippen LogP contribution in [0.1, 0.15) is 46.1 Å². The first-order chi connectivity index (χ1) is 15.1. The third kappa shape index (κ3) is 6.01. The summed E-state index contributed by atoms with van der Waals surface area (Å²) in [5.74, 6) is 0.791. The topological polar surface area (TPSA) is 54.0 Å². The van der Waals surface area contributed by atoms with Crippen molar-refractivity contribution in [2.75, 3.05) is 13.4 Å². The normalized spacial score (nSPS) is 20.1. The Bertz CT molecular complexity index is 812. The molecule has 0 aliphatic carbocycles. The van der Waals surface area contributed by atoms with Gasteiger partial charge >= 0.3 is 5.97 Å². The molecule has 1 unspecified atom stereocenters. The molecule has 31 heavy (non-hydrogen) atoms. The number of hydrogen-bond acceptors (Lipinski definition) is 5. The van der Waals surface area contributed by atoms with Gasteiger partial charge in [-0.15, -0.1) is 6.58 Å². The van der Waals surface area contributed by atoms with E-state index in [9.17, 15) is 4.79 Å². The molecule has 4 atom stereocenters. The van der Waals surface area contributed by atoms with Crippen molar-refractivity contribution in [3.05, 3.63) is 66.8 Å². The Morgan fingerprint density at radius 1 is 1.16 bits per heavy atom. The van der Waals surface area contributed by atoms with Crippen LogP contribution in [0.25, 0.3) is 0 Å². The highest BCUT2D eigenvalue weighted by atomic mass is 31.0. The SMILES string of the molecule is C=C/C=C\C(=C/C)[C@H](c1cc2c(cc1OP)OCO2)[C@H]1C(=O)OC[C@@H]1C=C.CC.CC. The van der Waals surface area contributed by atoms with E-state index in [2.05, 4.69) is 22.6 Å². The number of cyclic esters (lactones) is 1. The predicted molar refractivity (Wildman–Crippen MR) is 130 cm³/mol. The summed E-state index contributed by atoms with van der Waals surface area (Å²) < 4.78 is 21.9. The zero-order valence-corrected chi connectivity index (χ0v) is 20.4. The van der Waals surface area contributed by atoms with Crippen LogP contribution in [0.4, 0.5) is 0 Å². The van der Waals surface area contributed by atoms with Crippen molar-refractivity contribution in [3.8, 4) is 17.2 Å². The molecule has 2 aliphatic rings. The van der Waals surface area contributed by atoms with Crippen LogP contribution in [0.5, 0.6) is 17.2 Å². The summed E-state index contributed by atoms with van der Waals surface area (Å²) in [6, 6.07) is 3.66. The minimum atomic E-state index is -0.414. The number of carbonyl (C=O) groups is 1. The van der Waals surface area contributed by atoms with Crippen molar-refractivity contribution < 1.29 is 23.5 Å². The van der Waals surface area contributed by atoms with Gasteiger partial charge in [0, 0.05) is 23.5 Å². The molecular formula is C25H35O5P. The summed E-state index contributed by atoms with van der Waals surface area (Å²) in [5, 5.41) is 0. The quantitative estimate of drug-likeness (QED) is 0.210. The van der Waals surface area contributed by atoms with E-state index in [1.54, 1.807) is 18.2 Å². The first-order valence-electron chi connectivity index (χ1n) is 10.7. The molecule has 0 aromatic heterocycles. The summed E-state index contributed by atoms with van der Waals surface area (Å²) in [6.45, 7) is 18.0. The Hall–Kier alpha value is -2.52. The fourth-order valence-electron chi connectivity index (χ4n) is 3.57. The van der Waals surface area contributed by atoms with Gasteiger partial charge in [0.05, 0.1) is 22.0 Å². The number of ether oxygens (including phenoxy) is 3. The molecule has 5 nitrogen and oxygen atoms in total. The van der Waals surface area contributed by atoms with E-state index in [0.717, 1.165) is 11.1 Å². The molecule has 1 aromatic carbocycles. The van der Waals surface area contributed by atoms with Crippen LogP contribution in [0, 0.1) is 11.8 Å². The molecule has 0 radical (unpaired) electrons. The average Bonchev–Trinajstić information content (AvgIpc) is 3.44. The number of rotatable bonds is 7. The molecule has 6 heteroatoms. The predicted octanol–water partition coefficient (Wildman–Crippen LogP) is 6.38. The Balaban J connectivity index is 0.00000113. The fourth-order valence-corrected chi connectivity index (χ4v) is 3.78. The number of allylic oxidation sites excluding steroid dienone is 5. The molecule has 0 bridgehead atoms. The Labute approximate surface area is 189 Å². The molecule has 1 saturated heterocycles. The van der Waals surface area contributed by atoms with Gasteiger partial charge in [-0.1, -0.05) is 64.7 Å². The first-order valence-corrected chi connectivity index (χ1v) is 11.2. The van der Waals surface area contributed by atoms with Gasteiger partial charge in [-0.2, -0.15) is 0 Å². The van der Waals surface area contributed by atoms with Crippen molar-refractivity contribution >= 4 is 15.4 Å². The summed E-state index contributed by atoms with van der Waals surface area (Å²) in [5.41, 5.74) is 1.78. The smallest absolute Gasteiger partial charge is 0.310 e. The third-order valence-corrected chi connectivity index (χ3v) is 5.15. The van der Waals surface area contributed by atoms with E-state index >= 15 is 0 Å². The molecule has 0 saturated carbocycles. The summed E-state index contributed by atoms with van der Waals surface area (Å²) in [4.78, 5) is 12.6. The summed E-state index contributed by atoms with van der Waals surface area (Å²) in [7, 11) is 2.26. The molecule has 0 amide bonds. The van der Waals surface area contributed by atoms with E-state index < -0.39 is 5.92 Å². The molecule has 0 N–H and O–H groups in total. The standard InChI is InChI=1S/C21H23O5P.2C2H6/c1-4-7-8-13(5-2)19(20-14(6-3)11-23-21(20)22)15-9-17-18(25-12-24-17)10-16(15)26-27;2*1-2/h4-10,14,19-20H,1,3,11-12,27H2,2H3;2*1-2H3/b8-7-,13-5+;;/t14-,19+,20-;;/m0../s1. The van der Waals surface area contributed by atoms with Crippen molar-refractivity contribution in [1.29, 1.82) is 0 Å². The maximum absolute atomic E-state index is 12.6. The molecule has 3 rings (SSSR count). The van der Waals surface area contributed by atoms with Crippen molar-refractivity contribution in [2.24, 2.45) is 11.8 Å². The number of benzene rings is 1. The second-order valence-corrected chi connectivity index (χ2v) is 6.51. The van der Waals surface area contributed by atoms with Gasteiger partial charge in [-0.25, -0.2) is 0 Å². The molecular weight excluding hydrogens is 411 g/mol. The first kappa shape index (κ1) is 26.5. The van der Waals surface area contributed by atoms with Crippen LogP contribution >= 0.6 is 9.47 Å². The second-order valence-electron chi connectivity index (χ2n) is 6.28. The number of esters is 1. The highest BCUT2D eigenvalue weighted by Gasteiger charge is 2.44. The van der Waals surface area contributed by atoms with E-state index in [4.69, 9.17) is 18.7 Å². The third-order valence-electron chi connectivity index (χ3n) is 4.90. The summed E-state index contributed by atoms with van der Waals surface area (Å²) in [6.07, 6.45) is 9.25. The Morgan fingerprint density at radius 3 is 2.35 bits per heavy atom. The molecule has 1 fully saturated rings. The van der Waals surface area contributed by atoms with Gasteiger partial charge < -0.3 is 18.7 Å².